The lowest BCUT2D eigenvalue weighted by Gasteiger charge is -2.15. The van der Waals surface area contributed by atoms with Gasteiger partial charge in [-0.05, 0) is 0 Å². The Labute approximate surface area is 120 Å². The average molecular weight is 288 g/mol. The molecule has 0 heterocycles. The summed E-state index contributed by atoms with van der Waals surface area (Å²) in [6.07, 6.45) is 0.328. The lowest BCUT2D eigenvalue weighted by Crippen LogP contribution is -2.31. The topological polar surface area (TPSA) is 81.0 Å². The van der Waals surface area contributed by atoms with E-state index in [9.17, 15) is 4.79 Å². The van der Waals surface area contributed by atoms with Gasteiger partial charge in [0.25, 0.3) is 0 Å². The third kappa shape index (κ3) is 11.9. The minimum Gasteiger partial charge on any atom is -0.382 e. The highest BCUT2D eigenvalue weighted by atomic mass is 16.6. The molecular weight excluding hydrogens is 264 g/mol. The minimum atomic E-state index is -0.136. The molecule has 20 heavy (non-hydrogen) atoms. The number of amides is 1. The SMILES string of the molecule is COCCOCCOCCOCC(=O)N(C)CCC#N. The van der Waals surface area contributed by atoms with Gasteiger partial charge in [-0.3, -0.25) is 4.79 Å². The number of rotatable bonds is 13. The summed E-state index contributed by atoms with van der Waals surface area (Å²) in [7, 11) is 3.27. The number of ether oxygens (including phenoxy) is 4. The standard InChI is InChI=1S/C13H24N2O5/c1-15(5-3-4-14)13(16)12-20-11-10-19-9-8-18-7-6-17-2/h3,5-12H2,1-2H3. The maximum atomic E-state index is 11.5. The van der Waals surface area contributed by atoms with E-state index in [0.29, 0.717) is 52.6 Å². The Morgan fingerprint density at radius 3 is 2.15 bits per heavy atom. The molecule has 0 aliphatic carbocycles. The van der Waals surface area contributed by atoms with Gasteiger partial charge in [0.15, 0.2) is 0 Å². The largest absolute Gasteiger partial charge is 0.382 e. The van der Waals surface area contributed by atoms with Crippen LogP contribution in [0.1, 0.15) is 6.42 Å². The Morgan fingerprint density at radius 2 is 1.60 bits per heavy atom. The number of carbonyl (C=O) groups excluding carboxylic acids is 1. The van der Waals surface area contributed by atoms with Crippen LogP contribution >= 0.6 is 0 Å². The van der Waals surface area contributed by atoms with Crippen molar-refractivity contribution in [2.75, 3.05) is 67.0 Å². The maximum absolute atomic E-state index is 11.5. The van der Waals surface area contributed by atoms with E-state index in [1.165, 1.54) is 4.90 Å². The third-order valence-corrected chi connectivity index (χ3v) is 2.39. The number of hydrogen-bond acceptors (Lipinski definition) is 6. The van der Waals surface area contributed by atoms with Crippen LogP contribution in [0.4, 0.5) is 0 Å². The number of carbonyl (C=O) groups is 1. The van der Waals surface area contributed by atoms with Gasteiger partial charge in [0.2, 0.25) is 5.91 Å². The van der Waals surface area contributed by atoms with Crippen molar-refractivity contribution in [3.05, 3.63) is 0 Å². The quantitative estimate of drug-likeness (QED) is 0.446. The summed E-state index contributed by atoms with van der Waals surface area (Å²) in [4.78, 5) is 13.0. The predicted octanol–water partition coefficient (Wildman–Crippen LogP) is 0.0547. The molecule has 7 nitrogen and oxygen atoms in total. The number of hydrogen-bond donors (Lipinski definition) is 0. The molecular formula is C13H24N2O5. The second-order valence-electron chi connectivity index (χ2n) is 3.99. The number of methoxy groups -OCH3 is 1. The fourth-order valence-corrected chi connectivity index (χ4v) is 1.19. The lowest BCUT2D eigenvalue weighted by atomic mass is 10.4. The van der Waals surface area contributed by atoms with Crippen molar-refractivity contribution in [3.8, 4) is 6.07 Å². The van der Waals surface area contributed by atoms with Crippen molar-refractivity contribution in [1.82, 2.24) is 4.90 Å². The van der Waals surface area contributed by atoms with Crippen LogP contribution in [0.15, 0.2) is 0 Å². The molecule has 0 fully saturated rings. The second-order valence-corrected chi connectivity index (χ2v) is 3.99. The molecule has 1 amide bonds. The van der Waals surface area contributed by atoms with Crippen LogP contribution in [0.25, 0.3) is 0 Å². The summed E-state index contributed by atoms with van der Waals surface area (Å²) in [6, 6.07) is 1.99. The normalized spacial score (nSPS) is 10.2. The highest BCUT2D eigenvalue weighted by Crippen LogP contribution is 1.89. The first-order valence-corrected chi connectivity index (χ1v) is 6.55. The molecule has 0 aliphatic rings. The molecule has 7 heteroatoms. The van der Waals surface area contributed by atoms with E-state index in [1.807, 2.05) is 6.07 Å². The minimum absolute atomic E-state index is 0.00955. The highest BCUT2D eigenvalue weighted by Gasteiger charge is 2.07. The van der Waals surface area contributed by atoms with Crippen LogP contribution in [-0.4, -0.2) is 77.8 Å². The Kier molecular flexibility index (Phi) is 13.4. The maximum Gasteiger partial charge on any atom is 0.248 e. The van der Waals surface area contributed by atoms with Gasteiger partial charge in [0.05, 0.1) is 52.1 Å². The van der Waals surface area contributed by atoms with Crippen molar-refractivity contribution in [3.63, 3.8) is 0 Å². The van der Waals surface area contributed by atoms with Crippen molar-refractivity contribution in [2.24, 2.45) is 0 Å². The number of nitrogens with zero attached hydrogens (tertiary/aromatic N) is 2. The molecule has 0 N–H and O–H groups in total. The molecule has 0 aromatic heterocycles. The van der Waals surface area contributed by atoms with Gasteiger partial charge >= 0.3 is 0 Å². The van der Waals surface area contributed by atoms with Gasteiger partial charge in [-0.2, -0.15) is 5.26 Å². The van der Waals surface area contributed by atoms with E-state index in [0.717, 1.165) is 0 Å². The van der Waals surface area contributed by atoms with Gasteiger partial charge in [-0.15, -0.1) is 0 Å². The first-order chi connectivity index (χ1) is 9.72. The highest BCUT2D eigenvalue weighted by molar-refractivity contribution is 5.77. The fourth-order valence-electron chi connectivity index (χ4n) is 1.19. The van der Waals surface area contributed by atoms with Crippen molar-refractivity contribution < 1.29 is 23.7 Å². The third-order valence-electron chi connectivity index (χ3n) is 2.39. The Morgan fingerprint density at radius 1 is 1.05 bits per heavy atom. The average Bonchev–Trinajstić information content (AvgIpc) is 2.46. The first-order valence-electron chi connectivity index (χ1n) is 6.55. The van der Waals surface area contributed by atoms with E-state index in [4.69, 9.17) is 24.2 Å². The Bertz CT molecular complexity index is 280. The molecule has 0 saturated carbocycles. The number of likely N-dealkylation sites (N-methyl/N-ethyl adjacent to an activating group) is 1. The van der Waals surface area contributed by atoms with Crippen LogP contribution in [0.5, 0.6) is 0 Å². The molecule has 0 unspecified atom stereocenters. The summed E-state index contributed by atoms with van der Waals surface area (Å²) in [5.41, 5.74) is 0. The Hall–Kier alpha value is -1.20. The zero-order chi connectivity index (χ0) is 15.1. The van der Waals surface area contributed by atoms with Crippen molar-refractivity contribution >= 4 is 5.91 Å². The molecule has 0 aromatic rings. The van der Waals surface area contributed by atoms with Gasteiger partial charge < -0.3 is 23.8 Å². The molecule has 0 saturated heterocycles. The lowest BCUT2D eigenvalue weighted by molar-refractivity contribution is -0.135. The van der Waals surface area contributed by atoms with Crippen LogP contribution in [-0.2, 0) is 23.7 Å². The van der Waals surface area contributed by atoms with Crippen LogP contribution in [0, 0.1) is 11.3 Å². The van der Waals surface area contributed by atoms with E-state index < -0.39 is 0 Å². The van der Waals surface area contributed by atoms with Gasteiger partial charge in [0.1, 0.15) is 6.61 Å². The molecule has 0 aromatic carbocycles. The van der Waals surface area contributed by atoms with Gasteiger partial charge in [-0.25, -0.2) is 0 Å². The molecule has 0 spiro atoms. The fraction of sp³-hybridized carbons (Fsp3) is 0.846. The molecule has 0 bridgehead atoms. The molecule has 0 aliphatic heterocycles. The molecule has 0 atom stereocenters. The summed E-state index contributed by atoms with van der Waals surface area (Å²) < 4.78 is 20.5. The monoisotopic (exact) mass is 288 g/mol. The van der Waals surface area contributed by atoms with Crippen LogP contribution in [0.2, 0.25) is 0 Å². The molecule has 0 radical (unpaired) electrons. The van der Waals surface area contributed by atoms with E-state index in [2.05, 4.69) is 0 Å². The summed E-state index contributed by atoms with van der Waals surface area (Å²) in [5, 5.41) is 8.41. The second kappa shape index (κ2) is 14.2. The zero-order valence-corrected chi connectivity index (χ0v) is 12.3. The van der Waals surface area contributed by atoms with Crippen molar-refractivity contribution in [2.45, 2.75) is 6.42 Å². The summed E-state index contributed by atoms with van der Waals surface area (Å²) >= 11 is 0. The molecule has 116 valence electrons. The van der Waals surface area contributed by atoms with Crippen LogP contribution in [0.3, 0.4) is 0 Å². The predicted molar refractivity (Wildman–Crippen MR) is 72.2 cm³/mol. The van der Waals surface area contributed by atoms with Crippen molar-refractivity contribution in [1.29, 1.82) is 5.26 Å². The van der Waals surface area contributed by atoms with Gasteiger partial charge in [0, 0.05) is 20.7 Å². The Balaban J connectivity index is 3.27. The van der Waals surface area contributed by atoms with E-state index >= 15 is 0 Å². The van der Waals surface area contributed by atoms with Gasteiger partial charge in [-0.1, -0.05) is 0 Å². The van der Waals surface area contributed by atoms with Crippen LogP contribution < -0.4 is 0 Å². The smallest absolute Gasteiger partial charge is 0.248 e. The summed E-state index contributed by atoms with van der Waals surface area (Å²) in [5.74, 6) is -0.136. The number of nitriles is 1. The first kappa shape index (κ1) is 18.8. The summed E-state index contributed by atoms with van der Waals surface area (Å²) in [6.45, 7) is 3.34. The molecule has 0 rings (SSSR count). The van der Waals surface area contributed by atoms with E-state index in [-0.39, 0.29) is 12.5 Å². The van der Waals surface area contributed by atoms with E-state index in [1.54, 1.807) is 14.2 Å². The zero-order valence-electron chi connectivity index (χ0n) is 12.3.